The van der Waals surface area contributed by atoms with Gasteiger partial charge in [-0.2, -0.15) is 0 Å². The number of hydrogen-bond acceptors (Lipinski definition) is 2. The van der Waals surface area contributed by atoms with Crippen molar-refractivity contribution >= 4 is 28.6 Å². The van der Waals surface area contributed by atoms with Crippen LogP contribution in [0.25, 0.3) is 0 Å². The molecule has 0 heterocycles. The topological polar surface area (TPSA) is 26.3 Å². The molecule has 3 heteroatoms. The number of alkyl halides is 1. The Balaban J connectivity index is 1.46. The molecule has 4 rings (SSSR count). The number of carbonyl (C=O) groups is 1. The maximum atomic E-state index is 12.0. The first-order chi connectivity index (χ1) is 9.19. The molecule has 4 fully saturated rings. The Morgan fingerprint density at radius 2 is 1.89 bits per heavy atom. The molecule has 0 amide bonds. The Morgan fingerprint density at radius 1 is 1.16 bits per heavy atom. The zero-order valence-corrected chi connectivity index (χ0v) is 13.7. The molecule has 4 aliphatic carbocycles. The molecule has 0 saturated heterocycles. The van der Waals surface area contributed by atoms with E-state index in [2.05, 4.69) is 29.5 Å². The van der Waals surface area contributed by atoms with E-state index in [-0.39, 0.29) is 16.0 Å². The van der Waals surface area contributed by atoms with Crippen LogP contribution in [0, 0.1) is 35.5 Å². The van der Waals surface area contributed by atoms with Gasteiger partial charge in [-0.1, -0.05) is 29.5 Å². The van der Waals surface area contributed by atoms with Gasteiger partial charge in [-0.15, -0.1) is 0 Å². The maximum Gasteiger partial charge on any atom is 0.319 e. The molecule has 106 valence electrons. The van der Waals surface area contributed by atoms with Gasteiger partial charge in [-0.3, -0.25) is 4.79 Å². The molecular weight excluding hydrogens is 351 g/mol. The summed E-state index contributed by atoms with van der Waals surface area (Å²) in [4.78, 5) is 12.0. The van der Waals surface area contributed by atoms with E-state index in [0.29, 0.717) is 0 Å². The smallest absolute Gasteiger partial charge is 0.319 e. The number of fused-ring (bicyclic) bond motifs is 9. The molecule has 2 nitrogen and oxygen atoms in total. The fourth-order valence-corrected chi connectivity index (χ4v) is 6.18. The second kappa shape index (κ2) is 4.60. The first-order valence-corrected chi connectivity index (χ1v) is 9.28. The number of carbonyl (C=O) groups excluding carboxylic acids is 1. The lowest BCUT2D eigenvalue weighted by molar-refractivity contribution is -0.152. The van der Waals surface area contributed by atoms with Gasteiger partial charge in [0, 0.05) is 0 Å². The van der Waals surface area contributed by atoms with Crippen molar-refractivity contribution in [3.63, 3.8) is 0 Å². The molecule has 0 spiro atoms. The second-order valence-corrected chi connectivity index (χ2v) is 8.74. The number of halogens is 1. The van der Waals surface area contributed by atoms with E-state index in [1.54, 1.807) is 0 Å². The Hall–Kier alpha value is 0.200. The minimum Gasteiger partial charge on any atom is -0.461 e. The molecule has 0 radical (unpaired) electrons. The maximum absolute atomic E-state index is 12.0. The first-order valence-electron chi connectivity index (χ1n) is 8.03. The second-order valence-electron chi connectivity index (χ2n) is 7.23. The van der Waals surface area contributed by atoms with Gasteiger partial charge in [0.1, 0.15) is 10.0 Å². The number of rotatable bonds is 3. The van der Waals surface area contributed by atoms with Crippen LogP contribution in [0.4, 0.5) is 0 Å². The van der Waals surface area contributed by atoms with Crippen LogP contribution in [0.1, 0.15) is 45.4 Å². The highest BCUT2D eigenvalue weighted by Crippen LogP contribution is 2.67. The van der Waals surface area contributed by atoms with E-state index in [0.717, 1.165) is 41.9 Å². The molecule has 19 heavy (non-hydrogen) atoms. The Bertz CT molecular complexity index is 396. The van der Waals surface area contributed by atoms with Gasteiger partial charge >= 0.3 is 5.97 Å². The average molecular weight is 374 g/mol. The number of esters is 1. The van der Waals surface area contributed by atoms with Crippen LogP contribution in [0.3, 0.4) is 0 Å². The summed E-state index contributed by atoms with van der Waals surface area (Å²) >= 11 is 2.22. The molecule has 8 unspecified atom stereocenters. The quantitative estimate of drug-likeness (QED) is 0.325. The third-order valence-corrected chi connectivity index (χ3v) is 7.94. The molecule has 4 aliphatic rings. The normalized spacial score (nSPS) is 51.4. The van der Waals surface area contributed by atoms with Gasteiger partial charge < -0.3 is 4.74 Å². The molecule has 4 bridgehead atoms. The Labute approximate surface area is 129 Å². The summed E-state index contributed by atoms with van der Waals surface area (Å²) in [6.45, 7) is 2.06. The van der Waals surface area contributed by atoms with Crippen molar-refractivity contribution in [3.8, 4) is 0 Å². The minimum absolute atomic E-state index is 0.0420. The molecule has 8 atom stereocenters. The van der Waals surface area contributed by atoms with E-state index in [1.807, 2.05) is 0 Å². The third-order valence-electron chi connectivity index (χ3n) is 6.55. The van der Waals surface area contributed by atoms with Crippen molar-refractivity contribution in [3.05, 3.63) is 0 Å². The molecular formula is C16H23IO2. The highest BCUT2D eigenvalue weighted by Gasteiger charge is 2.63. The SMILES string of the molecule is CCC(I)C(=O)OC1CC2CC1C1C3CCC(C3)C21. The van der Waals surface area contributed by atoms with Crippen LogP contribution < -0.4 is 0 Å². The fraction of sp³-hybridized carbons (Fsp3) is 0.938. The lowest BCUT2D eigenvalue weighted by Crippen LogP contribution is -2.38. The van der Waals surface area contributed by atoms with E-state index in [9.17, 15) is 4.79 Å². The molecule has 0 aromatic rings. The van der Waals surface area contributed by atoms with Gasteiger partial charge in [-0.05, 0) is 74.0 Å². The summed E-state index contributed by atoms with van der Waals surface area (Å²) in [6.07, 6.45) is 8.13. The highest BCUT2D eigenvalue weighted by molar-refractivity contribution is 14.1. The zero-order valence-electron chi connectivity index (χ0n) is 11.6. The van der Waals surface area contributed by atoms with E-state index < -0.39 is 0 Å². The van der Waals surface area contributed by atoms with Crippen molar-refractivity contribution < 1.29 is 9.53 Å². The van der Waals surface area contributed by atoms with Crippen LogP contribution >= 0.6 is 22.6 Å². The largest absolute Gasteiger partial charge is 0.461 e. The molecule has 0 aromatic carbocycles. The molecule has 0 N–H and O–H groups in total. The van der Waals surface area contributed by atoms with Crippen LogP contribution in [0.5, 0.6) is 0 Å². The standard InChI is InChI=1S/C16H23IO2/c1-2-12(17)16(18)19-13-7-10-6-11(13)15-9-4-3-8(5-9)14(10)15/h8-15H,2-7H2,1H3. The van der Waals surface area contributed by atoms with Crippen molar-refractivity contribution in [1.82, 2.24) is 0 Å². The van der Waals surface area contributed by atoms with Crippen LogP contribution in [0.2, 0.25) is 0 Å². The van der Waals surface area contributed by atoms with Gasteiger partial charge in [0.25, 0.3) is 0 Å². The highest BCUT2D eigenvalue weighted by atomic mass is 127. The van der Waals surface area contributed by atoms with Gasteiger partial charge in [0.2, 0.25) is 0 Å². The van der Waals surface area contributed by atoms with E-state index in [4.69, 9.17) is 4.74 Å². The Kier molecular flexibility index (Phi) is 3.13. The summed E-state index contributed by atoms with van der Waals surface area (Å²) in [7, 11) is 0. The first kappa shape index (κ1) is 12.9. The third kappa shape index (κ3) is 1.82. The van der Waals surface area contributed by atoms with Crippen LogP contribution in [0.15, 0.2) is 0 Å². The fourth-order valence-electron chi connectivity index (χ4n) is 6.03. The van der Waals surface area contributed by atoms with Gasteiger partial charge in [-0.25, -0.2) is 0 Å². The minimum atomic E-state index is 0.0420. The van der Waals surface area contributed by atoms with Crippen LogP contribution in [-0.2, 0) is 9.53 Å². The lowest BCUT2D eigenvalue weighted by atomic mass is 9.70. The molecule has 0 aliphatic heterocycles. The lowest BCUT2D eigenvalue weighted by Gasteiger charge is -2.38. The number of ether oxygens (including phenoxy) is 1. The van der Waals surface area contributed by atoms with Crippen molar-refractivity contribution in [2.75, 3.05) is 0 Å². The van der Waals surface area contributed by atoms with Gasteiger partial charge in [0.05, 0.1) is 0 Å². The molecule has 4 saturated carbocycles. The number of hydrogen-bond donors (Lipinski definition) is 0. The van der Waals surface area contributed by atoms with Crippen molar-refractivity contribution in [2.24, 2.45) is 35.5 Å². The van der Waals surface area contributed by atoms with E-state index >= 15 is 0 Å². The summed E-state index contributed by atoms with van der Waals surface area (Å²) < 4.78 is 5.92. The summed E-state index contributed by atoms with van der Waals surface area (Å²) in [5.74, 6) is 5.60. The summed E-state index contributed by atoms with van der Waals surface area (Å²) in [5, 5.41) is 0. The monoisotopic (exact) mass is 374 g/mol. The van der Waals surface area contributed by atoms with Crippen molar-refractivity contribution in [2.45, 2.75) is 55.5 Å². The summed E-state index contributed by atoms with van der Waals surface area (Å²) in [6, 6.07) is 0. The predicted molar refractivity (Wildman–Crippen MR) is 82.0 cm³/mol. The zero-order chi connectivity index (χ0) is 13.1. The average Bonchev–Trinajstić information content (AvgIpc) is 3.14. The Morgan fingerprint density at radius 3 is 2.63 bits per heavy atom. The van der Waals surface area contributed by atoms with Gasteiger partial charge in [0.15, 0.2) is 0 Å². The predicted octanol–water partition coefficient (Wildman–Crippen LogP) is 3.81. The summed E-state index contributed by atoms with van der Waals surface area (Å²) in [5.41, 5.74) is 0. The van der Waals surface area contributed by atoms with Crippen LogP contribution in [-0.4, -0.2) is 16.0 Å². The van der Waals surface area contributed by atoms with E-state index in [1.165, 1.54) is 32.1 Å². The van der Waals surface area contributed by atoms with Crippen molar-refractivity contribution in [1.29, 1.82) is 0 Å². The molecule has 0 aromatic heterocycles.